The zero-order valence-corrected chi connectivity index (χ0v) is 16.1. The largest absolute Gasteiger partial charge is 0.469 e. The van der Waals surface area contributed by atoms with Crippen molar-refractivity contribution in [3.8, 4) is 0 Å². The van der Waals surface area contributed by atoms with Crippen molar-refractivity contribution in [2.24, 2.45) is 10.9 Å². The highest BCUT2D eigenvalue weighted by molar-refractivity contribution is 7.91. The summed E-state index contributed by atoms with van der Waals surface area (Å²) in [4.78, 5) is 20.6. The van der Waals surface area contributed by atoms with Gasteiger partial charge in [-0.15, -0.1) is 0 Å². The molecule has 0 radical (unpaired) electrons. The number of hydrogen-bond donors (Lipinski definition) is 1. The van der Waals surface area contributed by atoms with Crippen molar-refractivity contribution in [1.82, 2.24) is 15.1 Å². The SMILES string of the molecule is CCNC(=NCCN1CCS(=O)(=O)CC1)N1CCC(C(=O)OC)CC1. The number of guanidine groups is 1. The number of likely N-dealkylation sites (tertiary alicyclic amines) is 1. The molecule has 0 aromatic rings. The number of rotatable bonds is 5. The Labute approximate surface area is 150 Å². The fraction of sp³-hybridized carbons (Fsp3) is 0.875. The molecule has 144 valence electrons. The van der Waals surface area contributed by atoms with Crippen molar-refractivity contribution in [3.63, 3.8) is 0 Å². The van der Waals surface area contributed by atoms with Gasteiger partial charge in [0.1, 0.15) is 0 Å². The van der Waals surface area contributed by atoms with Gasteiger partial charge in [0.15, 0.2) is 15.8 Å². The molecule has 0 bridgehead atoms. The molecular formula is C16H30N4O4S. The summed E-state index contributed by atoms with van der Waals surface area (Å²) in [6.07, 6.45) is 1.56. The summed E-state index contributed by atoms with van der Waals surface area (Å²) in [6.45, 7) is 6.99. The molecule has 8 nitrogen and oxygen atoms in total. The van der Waals surface area contributed by atoms with Crippen LogP contribution in [0.3, 0.4) is 0 Å². The first-order valence-corrected chi connectivity index (χ1v) is 10.8. The van der Waals surface area contributed by atoms with Crippen LogP contribution in [0.1, 0.15) is 19.8 Å². The van der Waals surface area contributed by atoms with Crippen LogP contribution >= 0.6 is 0 Å². The first-order chi connectivity index (χ1) is 11.9. The number of piperidine rings is 1. The Morgan fingerprint density at radius 3 is 2.40 bits per heavy atom. The molecule has 0 aromatic heterocycles. The molecule has 2 aliphatic rings. The van der Waals surface area contributed by atoms with Crippen LogP contribution < -0.4 is 5.32 Å². The van der Waals surface area contributed by atoms with E-state index in [0.29, 0.717) is 19.6 Å². The molecule has 0 saturated carbocycles. The van der Waals surface area contributed by atoms with Crippen molar-refractivity contribution >= 4 is 21.8 Å². The molecule has 1 N–H and O–H groups in total. The summed E-state index contributed by atoms with van der Waals surface area (Å²) >= 11 is 0. The Hall–Kier alpha value is -1.35. The van der Waals surface area contributed by atoms with Gasteiger partial charge in [-0.25, -0.2) is 8.42 Å². The van der Waals surface area contributed by atoms with E-state index >= 15 is 0 Å². The Kier molecular flexibility index (Phi) is 7.49. The van der Waals surface area contributed by atoms with Crippen molar-refractivity contribution in [2.45, 2.75) is 19.8 Å². The van der Waals surface area contributed by atoms with Crippen LogP contribution in [0, 0.1) is 5.92 Å². The standard InChI is InChI=1S/C16H30N4O4S/c1-3-17-16(20-7-4-14(5-8-20)15(21)24-2)18-6-9-19-10-12-25(22,23)13-11-19/h14H,3-13H2,1-2H3,(H,17,18). The third kappa shape index (κ3) is 6.14. The number of nitrogens with zero attached hydrogens (tertiary/aromatic N) is 3. The molecule has 0 unspecified atom stereocenters. The lowest BCUT2D eigenvalue weighted by Gasteiger charge is -2.33. The van der Waals surface area contributed by atoms with Crippen LogP contribution in [0.2, 0.25) is 0 Å². The van der Waals surface area contributed by atoms with Gasteiger partial charge in [-0.3, -0.25) is 14.7 Å². The van der Waals surface area contributed by atoms with E-state index in [2.05, 4.69) is 20.1 Å². The highest BCUT2D eigenvalue weighted by atomic mass is 32.2. The van der Waals surface area contributed by atoms with Crippen LogP contribution in [0.5, 0.6) is 0 Å². The Morgan fingerprint density at radius 1 is 1.20 bits per heavy atom. The maximum absolute atomic E-state index is 11.6. The quantitative estimate of drug-likeness (QED) is 0.396. The molecule has 2 rings (SSSR count). The van der Waals surface area contributed by atoms with Crippen molar-refractivity contribution in [2.75, 3.05) is 64.4 Å². The highest BCUT2D eigenvalue weighted by Crippen LogP contribution is 2.18. The second kappa shape index (κ2) is 9.38. The van der Waals surface area contributed by atoms with E-state index in [1.807, 2.05) is 6.92 Å². The summed E-state index contributed by atoms with van der Waals surface area (Å²) in [5, 5.41) is 3.31. The molecule has 0 atom stereocenters. The summed E-state index contributed by atoms with van der Waals surface area (Å²) < 4.78 is 27.8. The van der Waals surface area contributed by atoms with Gasteiger partial charge in [0.05, 0.1) is 31.1 Å². The van der Waals surface area contributed by atoms with Crippen LogP contribution in [0.15, 0.2) is 4.99 Å². The second-order valence-electron chi connectivity index (χ2n) is 6.51. The molecule has 0 aromatic carbocycles. The van der Waals surface area contributed by atoms with Crippen molar-refractivity contribution < 1.29 is 17.9 Å². The van der Waals surface area contributed by atoms with Gasteiger partial charge in [0, 0.05) is 39.3 Å². The van der Waals surface area contributed by atoms with Gasteiger partial charge in [0.25, 0.3) is 0 Å². The molecular weight excluding hydrogens is 344 g/mol. The van der Waals surface area contributed by atoms with E-state index < -0.39 is 9.84 Å². The number of hydrogen-bond acceptors (Lipinski definition) is 6. The second-order valence-corrected chi connectivity index (χ2v) is 8.82. The fourth-order valence-electron chi connectivity index (χ4n) is 3.19. The van der Waals surface area contributed by atoms with Crippen LogP contribution in [0.25, 0.3) is 0 Å². The molecule has 0 amide bonds. The first kappa shape index (κ1) is 20.0. The maximum atomic E-state index is 11.6. The Morgan fingerprint density at radius 2 is 1.84 bits per heavy atom. The minimum atomic E-state index is -2.83. The highest BCUT2D eigenvalue weighted by Gasteiger charge is 2.27. The molecule has 2 saturated heterocycles. The van der Waals surface area contributed by atoms with E-state index in [0.717, 1.165) is 45.0 Å². The third-order valence-corrected chi connectivity index (χ3v) is 6.39. The van der Waals surface area contributed by atoms with E-state index in [4.69, 9.17) is 4.74 Å². The van der Waals surface area contributed by atoms with Gasteiger partial charge < -0.3 is 15.0 Å². The topological polar surface area (TPSA) is 91.3 Å². The predicted molar refractivity (Wildman–Crippen MR) is 97.4 cm³/mol. The van der Waals surface area contributed by atoms with E-state index in [9.17, 15) is 13.2 Å². The summed E-state index contributed by atoms with van der Waals surface area (Å²) in [5.41, 5.74) is 0. The first-order valence-electron chi connectivity index (χ1n) is 8.99. The zero-order chi connectivity index (χ0) is 18.3. The average Bonchev–Trinajstić information content (AvgIpc) is 2.62. The summed E-state index contributed by atoms with van der Waals surface area (Å²) in [5.74, 6) is 1.23. The number of sulfone groups is 1. The molecule has 0 spiro atoms. The predicted octanol–water partition coefficient (Wildman–Crippen LogP) is -0.433. The lowest BCUT2D eigenvalue weighted by atomic mass is 9.97. The number of ether oxygens (including phenoxy) is 1. The van der Waals surface area contributed by atoms with Crippen LogP contribution in [0.4, 0.5) is 0 Å². The number of esters is 1. The molecule has 0 aliphatic carbocycles. The fourth-order valence-corrected chi connectivity index (χ4v) is 4.47. The molecule has 2 fully saturated rings. The Bertz CT molecular complexity index is 557. The van der Waals surface area contributed by atoms with Crippen molar-refractivity contribution in [1.29, 1.82) is 0 Å². The number of aliphatic imine (C=N–C) groups is 1. The monoisotopic (exact) mass is 374 g/mol. The van der Waals surface area contributed by atoms with Gasteiger partial charge in [0.2, 0.25) is 0 Å². The van der Waals surface area contributed by atoms with Crippen LogP contribution in [-0.4, -0.2) is 94.6 Å². The van der Waals surface area contributed by atoms with E-state index in [1.165, 1.54) is 7.11 Å². The normalized spacial score (nSPS) is 22.6. The maximum Gasteiger partial charge on any atom is 0.308 e. The summed E-state index contributed by atoms with van der Waals surface area (Å²) in [6, 6.07) is 0. The van der Waals surface area contributed by atoms with Crippen molar-refractivity contribution in [3.05, 3.63) is 0 Å². The van der Waals surface area contributed by atoms with E-state index in [-0.39, 0.29) is 23.4 Å². The van der Waals surface area contributed by atoms with Crippen LogP contribution in [-0.2, 0) is 19.4 Å². The average molecular weight is 375 g/mol. The number of carbonyl (C=O) groups excluding carboxylic acids is 1. The summed E-state index contributed by atoms with van der Waals surface area (Å²) in [7, 11) is -1.40. The van der Waals surface area contributed by atoms with Gasteiger partial charge in [-0.05, 0) is 19.8 Å². The molecule has 25 heavy (non-hydrogen) atoms. The Balaban J connectivity index is 1.81. The molecule has 2 aliphatic heterocycles. The lowest BCUT2D eigenvalue weighted by molar-refractivity contribution is -0.146. The minimum Gasteiger partial charge on any atom is -0.469 e. The molecule has 9 heteroatoms. The minimum absolute atomic E-state index is 0.0144. The van der Waals surface area contributed by atoms with Gasteiger partial charge in [-0.1, -0.05) is 0 Å². The number of methoxy groups -OCH3 is 1. The van der Waals surface area contributed by atoms with Gasteiger partial charge >= 0.3 is 5.97 Å². The third-order valence-electron chi connectivity index (χ3n) is 4.78. The van der Waals surface area contributed by atoms with Gasteiger partial charge in [-0.2, -0.15) is 0 Å². The number of carbonyl (C=O) groups is 1. The number of nitrogens with one attached hydrogen (secondary N) is 1. The molecule has 2 heterocycles. The van der Waals surface area contributed by atoms with E-state index in [1.54, 1.807) is 0 Å². The zero-order valence-electron chi connectivity index (χ0n) is 15.2. The smallest absolute Gasteiger partial charge is 0.308 e. The lowest BCUT2D eigenvalue weighted by Crippen LogP contribution is -2.47.